The van der Waals surface area contributed by atoms with Gasteiger partial charge in [-0.1, -0.05) is 6.07 Å². The Morgan fingerprint density at radius 3 is 3.10 bits per heavy atom. The van der Waals surface area contributed by atoms with Crippen molar-refractivity contribution in [1.29, 1.82) is 0 Å². The van der Waals surface area contributed by atoms with Crippen LogP contribution in [0.25, 0.3) is 0 Å². The lowest BCUT2D eigenvalue weighted by molar-refractivity contribution is -0.139. The zero-order valence-corrected chi connectivity index (χ0v) is 12.3. The van der Waals surface area contributed by atoms with Crippen LogP contribution >= 0.6 is 11.3 Å². The number of anilines is 2. The largest absolute Gasteiger partial charge is 0.481 e. The van der Waals surface area contributed by atoms with Crippen LogP contribution in [0, 0.1) is 12.7 Å². The van der Waals surface area contributed by atoms with Gasteiger partial charge in [0.15, 0.2) is 5.13 Å². The Kier molecular flexibility index (Phi) is 3.63. The van der Waals surface area contributed by atoms with Gasteiger partial charge in [0.1, 0.15) is 11.7 Å². The number of carbonyl (C=O) groups is 1. The predicted molar refractivity (Wildman–Crippen MR) is 79.8 cm³/mol. The number of halogens is 1. The van der Waals surface area contributed by atoms with Crippen LogP contribution in [0.3, 0.4) is 0 Å². The third kappa shape index (κ3) is 2.63. The van der Waals surface area contributed by atoms with Gasteiger partial charge >= 0.3 is 5.97 Å². The number of hydrogen-bond donors (Lipinski definition) is 2. The van der Waals surface area contributed by atoms with Gasteiger partial charge in [0.05, 0.1) is 5.69 Å². The molecule has 110 valence electrons. The SMILES string of the molecule is Cc1c(F)cccc1Nc1nc2c(s1)CCCC2C(=O)O. The number of rotatable bonds is 3. The fraction of sp³-hybridized carbons (Fsp3) is 0.333. The van der Waals surface area contributed by atoms with Crippen molar-refractivity contribution in [1.82, 2.24) is 4.98 Å². The van der Waals surface area contributed by atoms with Crippen molar-refractivity contribution in [3.63, 3.8) is 0 Å². The second-order valence-electron chi connectivity index (χ2n) is 5.15. The lowest BCUT2D eigenvalue weighted by Crippen LogP contribution is -2.17. The van der Waals surface area contributed by atoms with Crippen molar-refractivity contribution in [3.8, 4) is 0 Å². The molecule has 3 rings (SSSR count). The van der Waals surface area contributed by atoms with Crippen LogP contribution in [0.5, 0.6) is 0 Å². The number of nitrogens with one attached hydrogen (secondary N) is 1. The Hall–Kier alpha value is -1.95. The molecule has 21 heavy (non-hydrogen) atoms. The highest BCUT2D eigenvalue weighted by molar-refractivity contribution is 7.15. The quantitative estimate of drug-likeness (QED) is 0.904. The second-order valence-corrected chi connectivity index (χ2v) is 6.23. The molecule has 1 aromatic heterocycles. The van der Waals surface area contributed by atoms with Crippen LogP contribution in [-0.4, -0.2) is 16.1 Å². The molecule has 2 aromatic rings. The van der Waals surface area contributed by atoms with Crippen molar-refractivity contribution in [2.75, 3.05) is 5.32 Å². The van der Waals surface area contributed by atoms with E-state index in [2.05, 4.69) is 10.3 Å². The van der Waals surface area contributed by atoms with E-state index in [9.17, 15) is 14.3 Å². The number of carboxylic acid groups (broad SMARTS) is 1. The summed E-state index contributed by atoms with van der Waals surface area (Å²) < 4.78 is 13.5. The molecule has 0 spiro atoms. The summed E-state index contributed by atoms with van der Waals surface area (Å²) in [4.78, 5) is 16.7. The first-order valence-electron chi connectivity index (χ1n) is 6.81. The summed E-state index contributed by atoms with van der Waals surface area (Å²) >= 11 is 1.46. The number of aliphatic carboxylic acids is 1. The minimum Gasteiger partial charge on any atom is -0.481 e. The monoisotopic (exact) mass is 306 g/mol. The van der Waals surface area contributed by atoms with E-state index in [4.69, 9.17) is 0 Å². The van der Waals surface area contributed by atoms with Crippen molar-refractivity contribution >= 4 is 28.1 Å². The van der Waals surface area contributed by atoms with Crippen molar-refractivity contribution in [3.05, 3.63) is 40.2 Å². The number of hydrogen-bond acceptors (Lipinski definition) is 4. The lowest BCUT2D eigenvalue weighted by Gasteiger charge is -2.16. The first-order chi connectivity index (χ1) is 10.1. The van der Waals surface area contributed by atoms with E-state index in [0.717, 1.165) is 17.7 Å². The summed E-state index contributed by atoms with van der Waals surface area (Å²) in [7, 11) is 0. The first kappa shape index (κ1) is 14.0. The van der Waals surface area contributed by atoms with Crippen LogP contribution in [0.1, 0.15) is 34.9 Å². The van der Waals surface area contributed by atoms with Crippen LogP contribution < -0.4 is 5.32 Å². The number of thiazole rings is 1. The second kappa shape index (κ2) is 5.44. The number of carboxylic acids is 1. The zero-order valence-electron chi connectivity index (χ0n) is 11.5. The van der Waals surface area contributed by atoms with Gasteiger partial charge in [-0.15, -0.1) is 11.3 Å². The van der Waals surface area contributed by atoms with E-state index < -0.39 is 11.9 Å². The Morgan fingerprint density at radius 1 is 1.52 bits per heavy atom. The highest BCUT2D eigenvalue weighted by Crippen LogP contribution is 2.38. The van der Waals surface area contributed by atoms with E-state index in [1.165, 1.54) is 17.4 Å². The van der Waals surface area contributed by atoms with Crippen molar-refractivity contribution in [2.24, 2.45) is 0 Å². The molecule has 1 atom stereocenters. The lowest BCUT2D eigenvalue weighted by atomic mass is 9.91. The Bertz CT molecular complexity index is 699. The van der Waals surface area contributed by atoms with E-state index in [0.29, 0.717) is 28.5 Å². The van der Waals surface area contributed by atoms with Gasteiger partial charge in [0.2, 0.25) is 0 Å². The minimum absolute atomic E-state index is 0.273. The van der Waals surface area contributed by atoms with Gasteiger partial charge in [0.25, 0.3) is 0 Å². The molecule has 0 bridgehead atoms. The smallest absolute Gasteiger partial charge is 0.312 e. The number of fused-ring (bicyclic) bond motifs is 1. The molecule has 1 aliphatic carbocycles. The van der Waals surface area contributed by atoms with Crippen LogP contribution in [0.4, 0.5) is 15.2 Å². The first-order valence-corrected chi connectivity index (χ1v) is 7.62. The maximum Gasteiger partial charge on any atom is 0.312 e. The summed E-state index contributed by atoms with van der Waals surface area (Å²) in [5.74, 6) is -1.62. The van der Waals surface area contributed by atoms with Gasteiger partial charge < -0.3 is 10.4 Å². The van der Waals surface area contributed by atoms with E-state index in [1.807, 2.05) is 0 Å². The maximum atomic E-state index is 13.5. The molecule has 0 radical (unpaired) electrons. The average molecular weight is 306 g/mol. The standard InChI is InChI=1S/C15H15FN2O2S/c1-8-10(16)5-3-6-11(8)17-15-18-13-9(14(19)20)4-2-7-12(13)21-15/h3,5-6,9H,2,4,7H2,1H3,(H,17,18)(H,19,20). The Morgan fingerprint density at radius 2 is 2.33 bits per heavy atom. The molecule has 1 unspecified atom stereocenters. The molecule has 0 saturated carbocycles. The molecule has 4 nitrogen and oxygen atoms in total. The maximum absolute atomic E-state index is 13.5. The number of benzene rings is 1. The van der Waals surface area contributed by atoms with Gasteiger partial charge in [-0.25, -0.2) is 9.37 Å². The molecule has 0 amide bonds. The molecule has 0 fully saturated rings. The summed E-state index contributed by atoms with van der Waals surface area (Å²) in [6.45, 7) is 1.70. The van der Waals surface area contributed by atoms with Gasteiger partial charge in [-0.2, -0.15) is 0 Å². The van der Waals surface area contributed by atoms with Gasteiger partial charge in [-0.05, 0) is 38.3 Å². The number of aryl methyl sites for hydroxylation is 1. The molecular weight excluding hydrogens is 291 g/mol. The minimum atomic E-state index is -0.824. The number of nitrogens with zero attached hydrogens (tertiary/aromatic N) is 1. The highest BCUT2D eigenvalue weighted by Gasteiger charge is 2.30. The summed E-state index contributed by atoms with van der Waals surface area (Å²) in [5, 5.41) is 13.0. The van der Waals surface area contributed by atoms with Gasteiger partial charge in [-0.3, -0.25) is 4.79 Å². The molecule has 1 aromatic carbocycles. The zero-order chi connectivity index (χ0) is 15.0. The third-order valence-electron chi connectivity index (χ3n) is 3.76. The topological polar surface area (TPSA) is 62.2 Å². The van der Waals surface area contributed by atoms with Gasteiger partial charge in [0, 0.05) is 16.1 Å². The third-order valence-corrected chi connectivity index (χ3v) is 4.81. The molecule has 0 saturated heterocycles. The normalized spacial score (nSPS) is 17.3. The van der Waals surface area contributed by atoms with Crippen LogP contribution in [0.15, 0.2) is 18.2 Å². The molecule has 1 aliphatic rings. The fourth-order valence-electron chi connectivity index (χ4n) is 2.57. The van der Waals surface area contributed by atoms with E-state index in [1.54, 1.807) is 19.1 Å². The van der Waals surface area contributed by atoms with Crippen molar-refractivity contribution < 1.29 is 14.3 Å². The molecule has 6 heteroatoms. The molecular formula is C15H15FN2O2S. The predicted octanol–water partition coefficient (Wildman–Crippen LogP) is 3.84. The fourth-order valence-corrected chi connectivity index (χ4v) is 3.65. The van der Waals surface area contributed by atoms with Crippen LogP contribution in [0.2, 0.25) is 0 Å². The molecule has 0 aliphatic heterocycles. The molecule has 2 N–H and O–H groups in total. The van der Waals surface area contributed by atoms with E-state index >= 15 is 0 Å². The highest BCUT2D eigenvalue weighted by atomic mass is 32.1. The van der Waals surface area contributed by atoms with Crippen molar-refractivity contribution in [2.45, 2.75) is 32.1 Å². The van der Waals surface area contributed by atoms with Crippen LogP contribution in [-0.2, 0) is 11.2 Å². The van der Waals surface area contributed by atoms with E-state index in [-0.39, 0.29) is 5.82 Å². The summed E-state index contributed by atoms with van der Waals surface area (Å²) in [6.07, 6.45) is 2.36. The summed E-state index contributed by atoms with van der Waals surface area (Å²) in [5.41, 5.74) is 1.85. The average Bonchev–Trinajstić information content (AvgIpc) is 2.85. The summed E-state index contributed by atoms with van der Waals surface area (Å²) in [6, 6.07) is 4.83. The number of aromatic nitrogens is 1. The Balaban J connectivity index is 1.91. The Labute approximate surface area is 125 Å². The molecule has 1 heterocycles.